The molecule has 2 aliphatic rings. The van der Waals surface area contributed by atoms with Crippen LogP contribution in [0, 0.1) is 0 Å². The standard InChI is InChI=1S/C12H16N4O4S.C4H8O2/c1-21-6-2-7(13)15-11-8(6)14-4-16(11)12-10(19)9(18)5(3-17)20-12;1-2-6-4-3-5-1/h2,4-5,9-10,12,17-19H,3H2,1H3,(H2,13,15);1-4H2. The molecule has 0 spiro atoms. The van der Waals surface area contributed by atoms with Crippen molar-refractivity contribution < 1.29 is 29.5 Å². The Morgan fingerprint density at radius 2 is 1.89 bits per heavy atom. The van der Waals surface area contributed by atoms with Crippen LogP contribution in [0.4, 0.5) is 5.82 Å². The lowest BCUT2D eigenvalue weighted by molar-refractivity contribution is -0.0511. The molecule has 5 N–H and O–H groups in total. The van der Waals surface area contributed by atoms with E-state index in [1.54, 1.807) is 6.07 Å². The molecular formula is C16H24N4O6S. The molecule has 150 valence electrons. The van der Waals surface area contributed by atoms with E-state index in [1.165, 1.54) is 22.7 Å². The molecule has 4 atom stereocenters. The second kappa shape index (κ2) is 9.15. The van der Waals surface area contributed by atoms with Gasteiger partial charge in [-0.3, -0.25) is 4.57 Å². The van der Waals surface area contributed by atoms with Crippen LogP contribution in [-0.2, 0) is 14.2 Å². The first kappa shape index (κ1) is 20.3. The second-order valence-electron chi connectivity index (χ2n) is 6.03. The highest BCUT2D eigenvalue weighted by Gasteiger charge is 2.44. The van der Waals surface area contributed by atoms with Gasteiger partial charge in [0, 0.05) is 4.90 Å². The van der Waals surface area contributed by atoms with E-state index in [1.807, 2.05) is 6.26 Å². The summed E-state index contributed by atoms with van der Waals surface area (Å²) in [5.74, 6) is 0.334. The van der Waals surface area contributed by atoms with Gasteiger partial charge in [0.05, 0.1) is 39.4 Å². The average molecular weight is 400 g/mol. The van der Waals surface area contributed by atoms with Gasteiger partial charge in [-0.15, -0.1) is 11.8 Å². The molecule has 4 heterocycles. The topological polar surface area (TPSA) is 145 Å². The number of pyridine rings is 1. The van der Waals surface area contributed by atoms with E-state index < -0.39 is 24.5 Å². The predicted molar refractivity (Wildman–Crippen MR) is 98.4 cm³/mol. The molecule has 4 rings (SSSR count). The number of aliphatic hydroxyl groups is 3. The molecule has 10 nitrogen and oxygen atoms in total. The van der Waals surface area contributed by atoms with Crippen molar-refractivity contribution in [1.82, 2.24) is 14.5 Å². The smallest absolute Gasteiger partial charge is 0.165 e. The first-order valence-corrected chi connectivity index (χ1v) is 9.74. The molecule has 2 aromatic rings. The number of anilines is 1. The summed E-state index contributed by atoms with van der Waals surface area (Å²) in [5.41, 5.74) is 6.90. The average Bonchev–Trinajstić information content (AvgIpc) is 3.24. The van der Waals surface area contributed by atoms with Crippen molar-refractivity contribution in [1.29, 1.82) is 0 Å². The minimum atomic E-state index is -1.18. The number of nitrogens with two attached hydrogens (primary N) is 1. The molecule has 0 amide bonds. The number of imidazole rings is 1. The zero-order chi connectivity index (χ0) is 19.4. The van der Waals surface area contributed by atoms with Gasteiger partial charge in [-0.05, 0) is 12.3 Å². The molecular weight excluding hydrogens is 376 g/mol. The number of nitrogen functional groups attached to an aromatic ring is 1. The fourth-order valence-corrected chi connectivity index (χ4v) is 3.46. The Kier molecular flexibility index (Phi) is 6.87. The number of nitrogens with zero attached hydrogens (tertiary/aromatic N) is 3. The summed E-state index contributed by atoms with van der Waals surface area (Å²) in [6, 6.07) is 1.72. The summed E-state index contributed by atoms with van der Waals surface area (Å²) < 4.78 is 16.9. The zero-order valence-corrected chi connectivity index (χ0v) is 15.7. The molecule has 0 bridgehead atoms. The summed E-state index contributed by atoms with van der Waals surface area (Å²) in [4.78, 5) is 9.37. The normalized spacial score (nSPS) is 28.1. The lowest BCUT2D eigenvalue weighted by Gasteiger charge is -2.16. The van der Waals surface area contributed by atoms with Crippen LogP contribution in [-0.4, -0.2) is 87.5 Å². The van der Waals surface area contributed by atoms with Crippen molar-refractivity contribution in [3.05, 3.63) is 12.4 Å². The maximum Gasteiger partial charge on any atom is 0.165 e. The second-order valence-corrected chi connectivity index (χ2v) is 6.88. The van der Waals surface area contributed by atoms with Gasteiger partial charge < -0.3 is 35.3 Å². The van der Waals surface area contributed by atoms with Gasteiger partial charge in [0.25, 0.3) is 0 Å². The Balaban J connectivity index is 0.000000299. The Bertz CT molecular complexity index is 744. The van der Waals surface area contributed by atoms with Crippen LogP contribution in [0.3, 0.4) is 0 Å². The van der Waals surface area contributed by atoms with Crippen LogP contribution in [0.5, 0.6) is 0 Å². The molecule has 0 saturated carbocycles. The summed E-state index contributed by atoms with van der Waals surface area (Å²) in [5, 5.41) is 29.1. The number of hydrogen-bond acceptors (Lipinski definition) is 10. The van der Waals surface area contributed by atoms with Crippen LogP contribution in [0.25, 0.3) is 11.2 Å². The Morgan fingerprint density at radius 1 is 1.22 bits per heavy atom. The number of aliphatic hydroxyl groups excluding tert-OH is 3. The number of fused-ring (bicyclic) bond motifs is 1. The molecule has 0 radical (unpaired) electrons. The lowest BCUT2D eigenvalue weighted by atomic mass is 10.1. The van der Waals surface area contributed by atoms with Gasteiger partial charge in [-0.1, -0.05) is 0 Å². The van der Waals surface area contributed by atoms with Crippen molar-refractivity contribution in [2.24, 2.45) is 0 Å². The Labute approximate surface area is 160 Å². The van der Waals surface area contributed by atoms with E-state index in [-0.39, 0.29) is 6.61 Å². The van der Waals surface area contributed by atoms with Crippen molar-refractivity contribution in [3.63, 3.8) is 0 Å². The Morgan fingerprint density at radius 3 is 2.41 bits per heavy atom. The molecule has 11 heteroatoms. The fourth-order valence-electron chi connectivity index (χ4n) is 2.89. The highest BCUT2D eigenvalue weighted by atomic mass is 32.2. The van der Waals surface area contributed by atoms with Crippen LogP contribution < -0.4 is 5.73 Å². The summed E-state index contributed by atoms with van der Waals surface area (Å²) in [6.45, 7) is 2.73. The molecule has 4 unspecified atom stereocenters. The fraction of sp³-hybridized carbons (Fsp3) is 0.625. The third kappa shape index (κ3) is 4.35. The minimum absolute atomic E-state index is 0.334. The van der Waals surface area contributed by atoms with Crippen molar-refractivity contribution in [2.45, 2.75) is 29.4 Å². The van der Waals surface area contributed by atoms with E-state index in [0.29, 0.717) is 17.0 Å². The minimum Gasteiger partial charge on any atom is -0.394 e. The van der Waals surface area contributed by atoms with E-state index >= 15 is 0 Å². The third-order valence-corrected chi connectivity index (χ3v) is 5.02. The van der Waals surface area contributed by atoms with Gasteiger partial charge in [-0.2, -0.15) is 0 Å². The quantitative estimate of drug-likeness (QED) is 0.492. The predicted octanol–water partition coefficient (Wildman–Crippen LogP) is -0.620. The number of ether oxygens (including phenoxy) is 3. The summed E-state index contributed by atoms with van der Waals surface area (Å²) >= 11 is 1.49. The van der Waals surface area contributed by atoms with Gasteiger partial charge in [0.15, 0.2) is 11.9 Å². The number of rotatable bonds is 3. The molecule has 2 aliphatic heterocycles. The lowest BCUT2D eigenvalue weighted by Crippen LogP contribution is -2.33. The van der Waals surface area contributed by atoms with Crippen molar-refractivity contribution >= 4 is 28.7 Å². The molecule has 27 heavy (non-hydrogen) atoms. The first-order chi connectivity index (χ1) is 13.1. The maximum atomic E-state index is 10.1. The molecule has 2 fully saturated rings. The number of hydrogen-bond donors (Lipinski definition) is 4. The summed E-state index contributed by atoms with van der Waals surface area (Å²) in [6.07, 6.45) is -0.676. The SMILES string of the molecule is C1COCCO1.CSc1cc(N)nc2c1ncn2C1OC(CO)C(O)C1O. The molecule has 0 aromatic carbocycles. The van der Waals surface area contributed by atoms with Gasteiger partial charge in [-0.25, -0.2) is 9.97 Å². The van der Waals surface area contributed by atoms with Crippen LogP contribution in [0.2, 0.25) is 0 Å². The highest BCUT2D eigenvalue weighted by Crippen LogP contribution is 2.33. The van der Waals surface area contributed by atoms with Gasteiger partial charge in [0.1, 0.15) is 29.6 Å². The van der Waals surface area contributed by atoms with Crippen LogP contribution in [0.15, 0.2) is 17.3 Å². The molecule has 2 saturated heterocycles. The van der Waals surface area contributed by atoms with Crippen LogP contribution >= 0.6 is 11.8 Å². The third-order valence-electron chi connectivity index (χ3n) is 4.27. The van der Waals surface area contributed by atoms with Crippen molar-refractivity contribution in [2.75, 3.05) is 45.0 Å². The molecule has 0 aliphatic carbocycles. The zero-order valence-electron chi connectivity index (χ0n) is 14.9. The molecule has 2 aromatic heterocycles. The first-order valence-electron chi connectivity index (χ1n) is 8.51. The number of aromatic nitrogens is 3. The highest BCUT2D eigenvalue weighted by molar-refractivity contribution is 7.98. The van der Waals surface area contributed by atoms with Gasteiger partial charge >= 0.3 is 0 Å². The van der Waals surface area contributed by atoms with E-state index in [9.17, 15) is 10.2 Å². The van der Waals surface area contributed by atoms with E-state index in [2.05, 4.69) is 9.97 Å². The Hall–Kier alpha value is -1.47. The van der Waals surface area contributed by atoms with E-state index in [0.717, 1.165) is 31.3 Å². The van der Waals surface area contributed by atoms with Crippen molar-refractivity contribution in [3.8, 4) is 0 Å². The van der Waals surface area contributed by atoms with Crippen LogP contribution in [0.1, 0.15) is 6.23 Å². The van der Waals surface area contributed by atoms with E-state index in [4.69, 9.17) is 25.1 Å². The van der Waals surface area contributed by atoms with Gasteiger partial charge in [0.2, 0.25) is 0 Å². The largest absolute Gasteiger partial charge is 0.394 e. The maximum absolute atomic E-state index is 10.1. The summed E-state index contributed by atoms with van der Waals surface area (Å²) in [7, 11) is 0. The number of thioether (sulfide) groups is 1. The monoisotopic (exact) mass is 400 g/mol.